The number of esters is 1. The van der Waals surface area contributed by atoms with Crippen molar-refractivity contribution in [2.45, 2.75) is 34.1 Å². The fourth-order valence-corrected chi connectivity index (χ4v) is 0.651. The summed E-state index contributed by atoms with van der Waals surface area (Å²) < 4.78 is 4.81. The predicted molar refractivity (Wildman–Crippen MR) is 49.8 cm³/mol. The predicted octanol–water partition coefficient (Wildman–Crippen LogP) is 2.54. The van der Waals surface area contributed by atoms with Gasteiger partial charge >= 0.3 is 5.97 Å². The molecule has 0 aromatic heterocycles. The van der Waals surface area contributed by atoms with Gasteiger partial charge in [0.2, 0.25) is 0 Å². The van der Waals surface area contributed by atoms with Gasteiger partial charge in [0.25, 0.3) is 0 Å². The summed E-state index contributed by atoms with van der Waals surface area (Å²) in [4.78, 5) is 11.0. The lowest BCUT2D eigenvalue weighted by Crippen LogP contribution is -2.14. The summed E-state index contributed by atoms with van der Waals surface area (Å²) in [6.07, 6.45) is 0.331. The minimum atomic E-state index is -0.183. The van der Waals surface area contributed by atoms with Crippen LogP contribution >= 0.6 is 0 Å². The van der Waals surface area contributed by atoms with E-state index in [0.717, 1.165) is 5.57 Å². The lowest BCUT2D eigenvalue weighted by Gasteiger charge is -2.20. The first kappa shape index (κ1) is 11.2. The average molecular weight is 170 g/mol. The van der Waals surface area contributed by atoms with Crippen molar-refractivity contribution in [2.75, 3.05) is 6.61 Å². The van der Waals surface area contributed by atoms with Gasteiger partial charge in [0, 0.05) is 0 Å². The smallest absolute Gasteiger partial charge is 0.309 e. The van der Waals surface area contributed by atoms with Crippen LogP contribution in [0.1, 0.15) is 34.1 Å². The minimum Gasteiger partial charge on any atom is -0.466 e. The highest BCUT2D eigenvalue weighted by molar-refractivity contribution is 5.72. The van der Waals surface area contributed by atoms with E-state index in [4.69, 9.17) is 4.74 Å². The lowest BCUT2D eigenvalue weighted by atomic mass is 9.86. The van der Waals surface area contributed by atoms with Gasteiger partial charge in [0.1, 0.15) is 0 Å². The van der Waals surface area contributed by atoms with Crippen molar-refractivity contribution in [3.63, 3.8) is 0 Å². The van der Waals surface area contributed by atoms with E-state index in [1.807, 2.05) is 20.8 Å². The van der Waals surface area contributed by atoms with Crippen LogP contribution in [0, 0.1) is 5.41 Å². The summed E-state index contributed by atoms with van der Waals surface area (Å²) in [7, 11) is 0. The first-order chi connectivity index (χ1) is 5.38. The molecule has 0 saturated carbocycles. The zero-order chi connectivity index (χ0) is 9.78. The highest BCUT2D eigenvalue weighted by atomic mass is 16.5. The third-order valence-corrected chi connectivity index (χ3v) is 1.72. The average Bonchev–Trinajstić information content (AvgIpc) is 1.85. The van der Waals surface area contributed by atoms with Gasteiger partial charge < -0.3 is 4.74 Å². The third kappa shape index (κ3) is 4.16. The van der Waals surface area contributed by atoms with Crippen molar-refractivity contribution in [1.82, 2.24) is 0 Å². The molecular formula is C10H18O2. The Hall–Kier alpha value is -0.790. The van der Waals surface area contributed by atoms with Gasteiger partial charge in [-0.3, -0.25) is 4.79 Å². The first-order valence-corrected chi connectivity index (χ1v) is 4.21. The summed E-state index contributed by atoms with van der Waals surface area (Å²) in [5.41, 5.74) is 0.910. The molecule has 0 unspecified atom stereocenters. The van der Waals surface area contributed by atoms with Crippen LogP contribution in [0.5, 0.6) is 0 Å². The topological polar surface area (TPSA) is 26.3 Å². The number of rotatable bonds is 3. The van der Waals surface area contributed by atoms with Crippen LogP contribution in [0.15, 0.2) is 12.2 Å². The Balaban J connectivity index is 3.94. The van der Waals surface area contributed by atoms with E-state index in [1.54, 1.807) is 6.92 Å². The number of hydrogen-bond acceptors (Lipinski definition) is 2. The molecule has 12 heavy (non-hydrogen) atoms. The van der Waals surface area contributed by atoms with E-state index in [-0.39, 0.29) is 11.4 Å². The van der Waals surface area contributed by atoms with Gasteiger partial charge in [0.15, 0.2) is 0 Å². The molecule has 0 N–H and O–H groups in total. The SMILES string of the molecule is C=C(CC(=O)OCC)C(C)(C)C. The number of ether oxygens (including phenoxy) is 1. The van der Waals surface area contributed by atoms with Gasteiger partial charge in [0.05, 0.1) is 13.0 Å². The molecule has 0 aliphatic heterocycles. The molecule has 0 amide bonds. The van der Waals surface area contributed by atoms with Crippen LogP contribution in [0.3, 0.4) is 0 Å². The number of carbonyl (C=O) groups excluding carboxylic acids is 1. The van der Waals surface area contributed by atoms with E-state index < -0.39 is 0 Å². The van der Waals surface area contributed by atoms with Crippen LogP contribution in [0.2, 0.25) is 0 Å². The minimum absolute atomic E-state index is 0.00718. The molecule has 0 radical (unpaired) electrons. The Labute approximate surface area is 74.6 Å². The first-order valence-electron chi connectivity index (χ1n) is 4.21. The third-order valence-electron chi connectivity index (χ3n) is 1.72. The summed E-state index contributed by atoms with van der Waals surface area (Å²) >= 11 is 0. The summed E-state index contributed by atoms with van der Waals surface area (Å²) in [5, 5.41) is 0. The summed E-state index contributed by atoms with van der Waals surface area (Å²) in [5.74, 6) is -0.183. The zero-order valence-corrected chi connectivity index (χ0v) is 8.44. The summed E-state index contributed by atoms with van der Waals surface area (Å²) in [6, 6.07) is 0. The van der Waals surface area contributed by atoms with Crippen LogP contribution in [-0.4, -0.2) is 12.6 Å². The fraction of sp³-hybridized carbons (Fsp3) is 0.700. The second kappa shape index (κ2) is 4.29. The second-order valence-corrected chi connectivity index (χ2v) is 3.84. The Morgan fingerprint density at radius 2 is 1.92 bits per heavy atom. The summed E-state index contributed by atoms with van der Waals surface area (Å²) in [6.45, 7) is 12.2. The van der Waals surface area contributed by atoms with E-state index >= 15 is 0 Å². The van der Waals surface area contributed by atoms with Gasteiger partial charge in [-0.2, -0.15) is 0 Å². The Morgan fingerprint density at radius 1 is 1.42 bits per heavy atom. The highest BCUT2D eigenvalue weighted by Crippen LogP contribution is 2.26. The normalized spacial score (nSPS) is 11.0. The molecule has 0 aliphatic rings. The molecule has 0 aromatic rings. The molecule has 0 saturated heterocycles. The maximum absolute atomic E-state index is 11.0. The Kier molecular flexibility index (Phi) is 4.01. The quantitative estimate of drug-likeness (QED) is 0.480. The molecule has 2 nitrogen and oxygen atoms in total. The van der Waals surface area contributed by atoms with E-state index in [2.05, 4.69) is 6.58 Å². The van der Waals surface area contributed by atoms with Gasteiger partial charge in [-0.1, -0.05) is 32.9 Å². The molecule has 70 valence electrons. The maximum atomic E-state index is 11.0. The van der Waals surface area contributed by atoms with Crippen molar-refractivity contribution in [1.29, 1.82) is 0 Å². The monoisotopic (exact) mass is 170 g/mol. The van der Waals surface area contributed by atoms with Gasteiger partial charge in [-0.15, -0.1) is 0 Å². The molecule has 0 fully saturated rings. The molecule has 2 heteroatoms. The molecular weight excluding hydrogens is 152 g/mol. The molecule has 0 aromatic carbocycles. The van der Waals surface area contributed by atoms with E-state index in [1.165, 1.54) is 0 Å². The lowest BCUT2D eigenvalue weighted by molar-refractivity contribution is -0.142. The Bertz CT molecular complexity index is 175. The largest absolute Gasteiger partial charge is 0.466 e. The number of carbonyl (C=O) groups is 1. The maximum Gasteiger partial charge on any atom is 0.309 e. The molecule has 0 heterocycles. The number of hydrogen-bond donors (Lipinski definition) is 0. The zero-order valence-electron chi connectivity index (χ0n) is 8.44. The molecule has 0 bridgehead atoms. The van der Waals surface area contributed by atoms with Crippen molar-refractivity contribution in [3.8, 4) is 0 Å². The van der Waals surface area contributed by atoms with E-state index in [9.17, 15) is 4.79 Å². The van der Waals surface area contributed by atoms with Crippen molar-refractivity contribution in [2.24, 2.45) is 5.41 Å². The molecule has 0 spiro atoms. The van der Waals surface area contributed by atoms with Crippen molar-refractivity contribution < 1.29 is 9.53 Å². The molecule has 0 aliphatic carbocycles. The van der Waals surface area contributed by atoms with Crippen molar-refractivity contribution >= 4 is 5.97 Å². The van der Waals surface area contributed by atoms with Crippen LogP contribution in [0.4, 0.5) is 0 Å². The highest BCUT2D eigenvalue weighted by Gasteiger charge is 2.17. The van der Waals surface area contributed by atoms with Crippen molar-refractivity contribution in [3.05, 3.63) is 12.2 Å². The van der Waals surface area contributed by atoms with Crippen LogP contribution in [-0.2, 0) is 9.53 Å². The standard InChI is InChI=1S/C10H18O2/c1-6-12-9(11)7-8(2)10(3,4)5/h2,6-7H2,1,3-5H3. The Morgan fingerprint density at radius 3 is 2.25 bits per heavy atom. The second-order valence-electron chi connectivity index (χ2n) is 3.84. The van der Waals surface area contributed by atoms with Gasteiger partial charge in [-0.25, -0.2) is 0 Å². The molecule has 0 rings (SSSR count). The van der Waals surface area contributed by atoms with Crippen LogP contribution in [0.25, 0.3) is 0 Å². The van der Waals surface area contributed by atoms with Crippen LogP contribution < -0.4 is 0 Å². The molecule has 0 atom stereocenters. The van der Waals surface area contributed by atoms with Gasteiger partial charge in [-0.05, 0) is 12.3 Å². The van der Waals surface area contributed by atoms with E-state index in [0.29, 0.717) is 13.0 Å². The fourth-order valence-electron chi connectivity index (χ4n) is 0.651.